The van der Waals surface area contributed by atoms with Gasteiger partial charge in [0.05, 0.1) is 18.2 Å². The van der Waals surface area contributed by atoms with Crippen molar-refractivity contribution in [3.05, 3.63) is 77.8 Å². The van der Waals surface area contributed by atoms with Gasteiger partial charge in [0.2, 0.25) is 5.91 Å². The molecule has 3 unspecified atom stereocenters. The van der Waals surface area contributed by atoms with Crippen molar-refractivity contribution in [1.82, 2.24) is 15.1 Å². The molecule has 0 aliphatic carbocycles. The number of hydrogen-bond donors (Lipinski definition) is 1. The molecule has 1 aromatic carbocycles. The van der Waals surface area contributed by atoms with Crippen LogP contribution in [-0.2, 0) is 9.59 Å². The van der Waals surface area contributed by atoms with Crippen molar-refractivity contribution in [3.63, 3.8) is 0 Å². The zero-order chi connectivity index (χ0) is 28.4. The number of benzene rings is 1. The van der Waals surface area contributed by atoms with Crippen molar-refractivity contribution in [3.8, 4) is 15.5 Å². The lowest BCUT2D eigenvalue weighted by Crippen LogP contribution is -2.53. The van der Waals surface area contributed by atoms with Crippen molar-refractivity contribution in [2.75, 3.05) is 13.1 Å². The molecule has 0 saturated carbocycles. The van der Waals surface area contributed by atoms with Gasteiger partial charge in [0.15, 0.2) is 23.2 Å². The number of hydrogen-bond acceptors (Lipinski definition) is 7. The smallest absolute Gasteiger partial charge is 0.414 e. The Hall–Kier alpha value is -4.25. The van der Waals surface area contributed by atoms with Crippen LogP contribution in [0.2, 0.25) is 0 Å². The monoisotopic (exact) mass is 562 g/mol. The maximum absolute atomic E-state index is 13.7. The average molecular weight is 563 g/mol. The van der Waals surface area contributed by atoms with Gasteiger partial charge in [-0.1, -0.05) is 55.5 Å². The van der Waals surface area contributed by atoms with Gasteiger partial charge in [0.25, 0.3) is 5.91 Å². The van der Waals surface area contributed by atoms with Gasteiger partial charge in [-0.05, 0) is 36.5 Å². The van der Waals surface area contributed by atoms with E-state index >= 15 is 0 Å². The van der Waals surface area contributed by atoms with Crippen LogP contribution in [0.15, 0.2) is 67.0 Å². The highest BCUT2D eigenvalue weighted by molar-refractivity contribution is 7.17. The predicted molar refractivity (Wildman–Crippen MR) is 148 cm³/mol. The van der Waals surface area contributed by atoms with E-state index < -0.39 is 24.2 Å². The number of aromatic nitrogens is 1. The third kappa shape index (κ3) is 5.69. The van der Waals surface area contributed by atoms with Gasteiger partial charge >= 0.3 is 6.09 Å². The molecule has 1 N–H and O–H groups in total. The van der Waals surface area contributed by atoms with E-state index in [9.17, 15) is 24.4 Å². The number of nitrogens with zero attached hydrogens (tertiary/aromatic N) is 3. The molecule has 0 bridgehead atoms. The minimum absolute atomic E-state index is 0.0817. The van der Waals surface area contributed by atoms with Crippen LogP contribution in [0.5, 0.6) is 5.06 Å². The van der Waals surface area contributed by atoms with Gasteiger partial charge in [-0.15, -0.1) is 0 Å². The second-order valence-electron chi connectivity index (χ2n) is 10.4. The third-order valence-corrected chi connectivity index (χ3v) is 8.16. The van der Waals surface area contributed by atoms with E-state index in [2.05, 4.69) is 5.32 Å². The lowest BCUT2D eigenvalue weighted by Gasteiger charge is -2.28. The summed E-state index contributed by atoms with van der Waals surface area (Å²) in [6, 6.07) is 14.0. The molecule has 3 amide bonds. The van der Waals surface area contributed by atoms with Crippen molar-refractivity contribution in [2.45, 2.75) is 44.8 Å². The number of carbonyl (C=O) groups is 4. The first-order valence-corrected chi connectivity index (χ1v) is 14.0. The van der Waals surface area contributed by atoms with Gasteiger partial charge in [-0.25, -0.2) is 4.79 Å². The molecule has 208 valence electrons. The van der Waals surface area contributed by atoms with Crippen molar-refractivity contribution < 1.29 is 28.6 Å². The van der Waals surface area contributed by atoms with Gasteiger partial charge in [-0.3, -0.25) is 14.4 Å². The summed E-state index contributed by atoms with van der Waals surface area (Å²) in [7, 11) is 0. The van der Waals surface area contributed by atoms with Crippen LogP contribution in [0.4, 0.5) is 4.79 Å². The number of ketones is 1. The fourth-order valence-corrected chi connectivity index (χ4v) is 6.21. The molecular formula is C29H30N4O6S. The Labute approximate surface area is 235 Å². The number of fused-ring (bicyclic) bond motifs is 1. The molecule has 3 aromatic rings. The first-order valence-electron chi connectivity index (χ1n) is 13.2. The normalized spacial score (nSPS) is 19.0. The van der Waals surface area contributed by atoms with Crippen molar-refractivity contribution in [1.29, 1.82) is 0 Å². The minimum Gasteiger partial charge on any atom is -0.619 e. The van der Waals surface area contributed by atoms with E-state index in [1.54, 1.807) is 6.07 Å². The van der Waals surface area contributed by atoms with E-state index in [4.69, 9.17) is 4.74 Å². The molecule has 4 heterocycles. The molecule has 2 aliphatic rings. The number of carbonyl (C=O) groups excluding carboxylic acids is 4. The zero-order valence-corrected chi connectivity index (χ0v) is 23.0. The fraction of sp³-hybridized carbons (Fsp3) is 0.345. The summed E-state index contributed by atoms with van der Waals surface area (Å²) in [6.07, 6.45) is 2.52. The Bertz CT molecular complexity index is 1410. The van der Waals surface area contributed by atoms with Crippen LogP contribution in [0.3, 0.4) is 0 Å². The maximum atomic E-state index is 13.7. The molecule has 10 nitrogen and oxygen atoms in total. The lowest BCUT2D eigenvalue weighted by molar-refractivity contribution is -0.605. The Kier molecular flexibility index (Phi) is 7.83. The van der Waals surface area contributed by atoms with Crippen LogP contribution in [0, 0.1) is 11.1 Å². The number of ether oxygens (including phenoxy) is 1. The largest absolute Gasteiger partial charge is 0.619 e. The molecular weight excluding hydrogens is 532 g/mol. The van der Waals surface area contributed by atoms with Gasteiger partial charge < -0.3 is 25.1 Å². The average Bonchev–Trinajstić information content (AvgIpc) is 3.65. The Morgan fingerprint density at radius 2 is 1.80 bits per heavy atom. The second-order valence-corrected chi connectivity index (χ2v) is 11.4. The van der Waals surface area contributed by atoms with Crippen LogP contribution in [0.25, 0.3) is 10.4 Å². The first-order chi connectivity index (χ1) is 19.2. The molecule has 2 aromatic heterocycles. The molecule has 11 heteroatoms. The summed E-state index contributed by atoms with van der Waals surface area (Å²) in [5.74, 6) is -0.874. The molecule has 40 heavy (non-hydrogen) atoms. The highest BCUT2D eigenvalue weighted by atomic mass is 32.1. The first kappa shape index (κ1) is 27.3. The summed E-state index contributed by atoms with van der Waals surface area (Å²) < 4.78 is 6.09. The Morgan fingerprint density at radius 1 is 1.07 bits per heavy atom. The van der Waals surface area contributed by atoms with E-state index in [1.807, 2.05) is 50.2 Å². The van der Waals surface area contributed by atoms with Crippen molar-refractivity contribution in [2.24, 2.45) is 5.92 Å². The number of rotatable bonds is 7. The topological polar surface area (TPSA) is 123 Å². The molecule has 5 rings (SSSR count). The van der Waals surface area contributed by atoms with Crippen LogP contribution >= 0.6 is 11.3 Å². The standard InChI is InChI=1S/C29H30N4O6S/c1-18(2)16-21(30-29(37)39-25-9-8-24(40-25)19-6-4-3-5-7-19)28(36)32-15-12-22-26(32)23(34)17-33(22)27(35)20-10-13-31(38)14-11-20/h3-11,13-14,18,21-22,26H,12,15-17H2,1-2H3,(H,30,37). The second kappa shape index (κ2) is 11.5. The number of thiophene rings is 1. The molecule has 0 spiro atoms. The summed E-state index contributed by atoms with van der Waals surface area (Å²) >= 11 is 1.32. The highest BCUT2D eigenvalue weighted by Crippen LogP contribution is 2.34. The molecule has 0 radical (unpaired) electrons. The van der Waals surface area contributed by atoms with E-state index in [0.717, 1.165) is 10.4 Å². The maximum Gasteiger partial charge on any atom is 0.414 e. The van der Waals surface area contributed by atoms with E-state index in [-0.39, 0.29) is 36.6 Å². The molecule has 3 atom stereocenters. The van der Waals surface area contributed by atoms with Crippen LogP contribution in [-0.4, -0.2) is 64.7 Å². The molecule has 2 aliphatic heterocycles. The molecule has 2 fully saturated rings. The van der Waals surface area contributed by atoms with Crippen LogP contribution < -0.4 is 14.8 Å². The number of likely N-dealkylation sites (tertiary alicyclic amines) is 2. The SMILES string of the molecule is CC(C)CC(NC(=O)Oc1ccc(-c2ccccc2)s1)C(=O)N1CCC2C1C(=O)CN2C(=O)c1cc[n+]([O-])cc1. The Balaban J connectivity index is 1.26. The van der Waals surface area contributed by atoms with E-state index in [1.165, 1.54) is 45.7 Å². The number of amides is 3. The van der Waals surface area contributed by atoms with Crippen molar-refractivity contribution >= 4 is 35.0 Å². The van der Waals surface area contributed by atoms with Gasteiger partial charge in [-0.2, -0.15) is 4.73 Å². The minimum atomic E-state index is -0.890. The highest BCUT2D eigenvalue weighted by Gasteiger charge is 2.52. The Morgan fingerprint density at radius 3 is 2.50 bits per heavy atom. The summed E-state index contributed by atoms with van der Waals surface area (Å²) in [5.41, 5.74) is 1.31. The summed E-state index contributed by atoms with van der Waals surface area (Å²) in [5, 5.41) is 14.5. The quantitative estimate of drug-likeness (QED) is 0.348. The number of pyridine rings is 1. The zero-order valence-electron chi connectivity index (χ0n) is 22.2. The predicted octanol–water partition coefficient (Wildman–Crippen LogP) is 3.25. The molecule has 2 saturated heterocycles. The number of Topliss-reactive ketones (excluding diaryl/α,β-unsaturated/α-hetero) is 1. The van der Waals surface area contributed by atoms with E-state index in [0.29, 0.717) is 28.2 Å². The fourth-order valence-electron chi connectivity index (χ4n) is 5.35. The van der Waals surface area contributed by atoms with Gasteiger partial charge in [0.1, 0.15) is 12.1 Å². The summed E-state index contributed by atoms with van der Waals surface area (Å²) in [4.78, 5) is 56.6. The lowest BCUT2D eigenvalue weighted by atomic mass is 10.0. The van der Waals surface area contributed by atoms with Gasteiger partial charge in [0, 0.05) is 23.6 Å². The third-order valence-electron chi connectivity index (χ3n) is 7.15. The number of nitrogens with one attached hydrogen (secondary N) is 1. The summed E-state index contributed by atoms with van der Waals surface area (Å²) in [6.45, 7) is 4.06. The van der Waals surface area contributed by atoms with Crippen LogP contribution in [0.1, 0.15) is 37.0 Å².